The van der Waals surface area contributed by atoms with Crippen LogP contribution in [0.5, 0.6) is 0 Å². The Morgan fingerprint density at radius 3 is 2.68 bits per heavy atom. The summed E-state index contributed by atoms with van der Waals surface area (Å²) in [5, 5.41) is 0. The smallest absolute Gasteiger partial charge is 0.132 e. The highest BCUT2D eigenvalue weighted by Gasteiger charge is 2.32. The van der Waals surface area contributed by atoms with Gasteiger partial charge in [0.05, 0.1) is 0 Å². The van der Waals surface area contributed by atoms with Gasteiger partial charge in [-0.25, -0.2) is 9.97 Å². The maximum Gasteiger partial charge on any atom is 0.132 e. The fraction of sp³-hybridized carbons (Fsp3) is 0.733. The van der Waals surface area contributed by atoms with Gasteiger partial charge in [-0.1, -0.05) is 27.2 Å². The fourth-order valence-corrected chi connectivity index (χ4v) is 2.90. The van der Waals surface area contributed by atoms with E-state index in [9.17, 15) is 0 Å². The molecule has 1 fully saturated rings. The van der Waals surface area contributed by atoms with Crippen LogP contribution >= 0.6 is 0 Å². The molecule has 2 rings (SSSR count). The first-order valence-electron chi connectivity index (χ1n) is 7.36. The fourth-order valence-electron chi connectivity index (χ4n) is 2.90. The molecule has 2 atom stereocenters. The zero-order valence-corrected chi connectivity index (χ0v) is 12.6. The van der Waals surface area contributed by atoms with E-state index >= 15 is 0 Å². The number of anilines is 1. The minimum Gasteiger partial charge on any atom is -0.355 e. The molecule has 0 unspecified atom stereocenters. The van der Waals surface area contributed by atoms with Crippen LogP contribution < -0.4 is 10.6 Å². The van der Waals surface area contributed by atoms with E-state index in [4.69, 9.17) is 5.73 Å². The predicted octanol–water partition coefficient (Wildman–Crippen LogP) is 2.16. The Morgan fingerprint density at radius 2 is 2.11 bits per heavy atom. The second kappa shape index (κ2) is 5.87. The average Bonchev–Trinajstić information content (AvgIpc) is 2.71. The minimum absolute atomic E-state index is 0.255. The van der Waals surface area contributed by atoms with Crippen molar-refractivity contribution in [2.24, 2.45) is 17.6 Å². The summed E-state index contributed by atoms with van der Waals surface area (Å²) in [6, 6.07) is 2.39. The van der Waals surface area contributed by atoms with Crippen molar-refractivity contribution in [2.75, 3.05) is 18.0 Å². The number of aromatic nitrogens is 2. The SMILES string of the molecule is CCCc1cc(N2C[C@H](C(C)C)[C@@H](N)C2)nc(C)n1. The van der Waals surface area contributed by atoms with E-state index in [1.54, 1.807) is 0 Å². The van der Waals surface area contributed by atoms with E-state index in [2.05, 4.69) is 41.7 Å². The van der Waals surface area contributed by atoms with E-state index < -0.39 is 0 Å². The number of hydrogen-bond donors (Lipinski definition) is 1. The lowest BCUT2D eigenvalue weighted by atomic mass is 9.92. The number of rotatable bonds is 4. The molecule has 1 aliphatic rings. The van der Waals surface area contributed by atoms with Gasteiger partial charge in [0, 0.05) is 30.9 Å². The standard InChI is InChI=1S/C15H26N4/c1-5-6-12-7-15(18-11(4)17-12)19-8-13(10(2)3)14(16)9-19/h7,10,13-14H,5-6,8-9,16H2,1-4H3/t13-,14+/m1/s1. The number of aryl methyl sites for hydroxylation is 2. The number of hydrogen-bond acceptors (Lipinski definition) is 4. The van der Waals surface area contributed by atoms with Crippen molar-refractivity contribution in [3.63, 3.8) is 0 Å². The van der Waals surface area contributed by atoms with E-state index in [0.717, 1.165) is 43.3 Å². The van der Waals surface area contributed by atoms with Crippen LogP contribution in [-0.2, 0) is 6.42 Å². The maximum atomic E-state index is 6.26. The van der Waals surface area contributed by atoms with Gasteiger partial charge in [-0.15, -0.1) is 0 Å². The van der Waals surface area contributed by atoms with E-state index in [-0.39, 0.29) is 6.04 Å². The van der Waals surface area contributed by atoms with Gasteiger partial charge in [0.15, 0.2) is 0 Å². The Morgan fingerprint density at radius 1 is 1.37 bits per heavy atom. The first kappa shape index (κ1) is 14.3. The zero-order chi connectivity index (χ0) is 14.0. The molecule has 106 valence electrons. The number of nitrogens with two attached hydrogens (primary N) is 1. The van der Waals surface area contributed by atoms with Gasteiger partial charge in [0.25, 0.3) is 0 Å². The molecule has 4 heteroatoms. The highest BCUT2D eigenvalue weighted by atomic mass is 15.2. The second-order valence-electron chi connectivity index (χ2n) is 5.99. The molecule has 0 aliphatic carbocycles. The third-order valence-corrected chi connectivity index (χ3v) is 3.98. The summed E-state index contributed by atoms with van der Waals surface area (Å²) in [5.74, 6) is 3.10. The molecule has 2 heterocycles. The molecule has 0 aromatic carbocycles. The average molecular weight is 262 g/mol. The van der Waals surface area contributed by atoms with Crippen molar-refractivity contribution in [1.82, 2.24) is 9.97 Å². The zero-order valence-electron chi connectivity index (χ0n) is 12.6. The summed E-state index contributed by atoms with van der Waals surface area (Å²) in [5.41, 5.74) is 7.40. The molecule has 19 heavy (non-hydrogen) atoms. The molecule has 1 saturated heterocycles. The van der Waals surface area contributed by atoms with Gasteiger partial charge in [0.1, 0.15) is 11.6 Å². The van der Waals surface area contributed by atoms with Gasteiger partial charge in [-0.3, -0.25) is 0 Å². The molecule has 0 spiro atoms. The van der Waals surface area contributed by atoms with Crippen molar-refractivity contribution in [3.8, 4) is 0 Å². The molecule has 1 aromatic rings. The molecule has 0 radical (unpaired) electrons. The molecule has 2 N–H and O–H groups in total. The first-order chi connectivity index (χ1) is 9.01. The largest absolute Gasteiger partial charge is 0.355 e. The quantitative estimate of drug-likeness (QED) is 0.903. The van der Waals surface area contributed by atoms with Crippen molar-refractivity contribution in [3.05, 3.63) is 17.6 Å². The van der Waals surface area contributed by atoms with Crippen LogP contribution in [0.25, 0.3) is 0 Å². The maximum absolute atomic E-state index is 6.26. The molecular weight excluding hydrogens is 236 g/mol. The normalized spacial score (nSPS) is 23.4. The topological polar surface area (TPSA) is 55.0 Å². The van der Waals surface area contributed by atoms with Crippen LogP contribution in [-0.4, -0.2) is 29.1 Å². The van der Waals surface area contributed by atoms with Crippen molar-refractivity contribution >= 4 is 5.82 Å². The molecule has 0 bridgehead atoms. The predicted molar refractivity (Wildman–Crippen MR) is 79.3 cm³/mol. The monoisotopic (exact) mass is 262 g/mol. The molecule has 0 amide bonds. The Kier molecular flexibility index (Phi) is 4.40. The van der Waals surface area contributed by atoms with Crippen LogP contribution in [0, 0.1) is 18.8 Å². The molecular formula is C15H26N4. The van der Waals surface area contributed by atoms with Gasteiger partial charge in [0.2, 0.25) is 0 Å². The second-order valence-corrected chi connectivity index (χ2v) is 5.99. The lowest BCUT2D eigenvalue weighted by molar-refractivity contribution is 0.382. The summed E-state index contributed by atoms with van der Waals surface area (Å²) in [7, 11) is 0. The lowest BCUT2D eigenvalue weighted by Crippen LogP contribution is -2.32. The van der Waals surface area contributed by atoms with E-state index in [1.165, 1.54) is 0 Å². The number of nitrogens with zero attached hydrogens (tertiary/aromatic N) is 3. The Balaban J connectivity index is 2.18. The van der Waals surface area contributed by atoms with Gasteiger partial charge in [-0.2, -0.15) is 0 Å². The first-order valence-corrected chi connectivity index (χ1v) is 7.36. The molecule has 1 aromatic heterocycles. The van der Waals surface area contributed by atoms with Crippen molar-refractivity contribution in [2.45, 2.75) is 46.6 Å². The van der Waals surface area contributed by atoms with E-state index in [0.29, 0.717) is 11.8 Å². The summed E-state index contributed by atoms with van der Waals surface area (Å²) >= 11 is 0. The van der Waals surface area contributed by atoms with Crippen LogP contribution in [0.1, 0.15) is 38.7 Å². The van der Waals surface area contributed by atoms with Crippen LogP contribution in [0.2, 0.25) is 0 Å². The summed E-state index contributed by atoms with van der Waals surface area (Å²) in [4.78, 5) is 11.4. The minimum atomic E-state index is 0.255. The van der Waals surface area contributed by atoms with Gasteiger partial charge in [-0.05, 0) is 25.2 Å². The third kappa shape index (κ3) is 3.24. The van der Waals surface area contributed by atoms with Crippen molar-refractivity contribution < 1.29 is 0 Å². The summed E-state index contributed by atoms with van der Waals surface area (Å²) in [6.45, 7) is 10.6. The third-order valence-electron chi connectivity index (χ3n) is 3.98. The highest BCUT2D eigenvalue weighted by molar-refractivity contribution is 5.42. The van der Waals surface area contributed by atoms with Crippen LogP contribution in [0.4, 0.5) is 5.82 Å². The lowest BCUT2D eigenvalue weighted by Gasteiger charge is -2.19. The van der Waals surface area contributed by atoms with E-state index in [1.807, 2.05) is 6.92 Å². The Bertz CT molecular complexity index is 430. The highest BCUT2D eigenvalue weighted by Crippen LogP contribution is 2.27. The van der Waals surface area contributed by atoms with Gasteiger partial charge >= 0.3 is 0 Å². The molecule has 1 aliphatic heterocycles. The molecule has 4 nitrogen and oxygen atoms in total. The summed E-state index contributed by atoms with van der Waals surface area (Å²) in [6.07, 6.45) is 2.13. The Hall–Kier alpha value is -1.16. The van der Waals surface area contributed by atoms with Crippen molar-refractivity contribution in [1.29, 1.82) is 0 Å². The van der Waals surface area contributed by atoms with Crippen LogP contribution in [0.3, 0.4) is 0 Å². The molecule has 0 saturated carbocycles. The Labute approximate surface area is 116 Å². The summed E-state index contributed by atoms with van der Waals surface area (Å²) < 4.78 is 0. The van der Waals surface area contributed by atoms with Crippen LogP contribution in [0.15, 0.2) is 6.07 Å². The van der Waals surface area contributed by atoms with Gasteiger partial charge < -0.3 is 10.6 Å².